The van der Waals surface area contributed by atoms with Gasteiger partial charge in [-0.15, -0.1) is 0 Å². The molecule has 0 bridgehead atoms. The van der Waals surface area contributed by atoms with Crippen LogP contribution in [0.2, 0.25) is 0 Å². The van der Waals surface area contributed by atoms with Gasteiger partial charge in [0.25, 0.3) is 0 Å². The maximum atomic E-state index is 4.40. The van der Waals surface area contributed by atoms with Crippen molar-refractivity contribution in [2.24, 2.45) is 4.99 Å². The van der Waals surface area contributed by atoms with E-state index in [-0.39, 0.29) is 0 Å². The molecule has 3 rings (SSSR count). The van der Waals surface area contributed by atoms with Gasteiger partial charge in [-0.1, -0.05) is 36.8 Å². The van der Waals surface area contributed by atoms with Gasteiger partial charge in [-0.25, -0.2) is 0 Å². The summed E-state index contributed by atoms with van der Waals surface area (Å²) in [6, 6.07) is 11.0. The van der Waals surface area contributed by atoms with Crippen molar-refractivity contribution in [1.29, 1.82) is 0 Å². The van der Waals surface area contributed by atoms with Crippen molar-refractivity contribution in [2.45, 2.75) is 50.4 Å². The predicted octanol–water partition coefficient (Wildman–Crippen LogP) is 3.15. The van der Waals surface area contributed by atoms with Crippen LogP contribution in [-0.2, 0) is 5.41 Å². The highest BCUT2D eigenvalue weighted by atomic mass is 15.2. The number of hydrogen-bond donors (Lipinski definition) is 2. The third kappa shape index (κ3) is 4.97. The van der Waals surface area contributed by atoms with Gasteiger partial charge in [0.15, 0.2) is 5.96 Å². The molecule has 1 saturated carbocycles. The first-order valence-electron chi connectivity index (χ1n) is 10.0. The molecule has 0 unspecified atom stereocenters. The largest absolute Gasteiger partial charge is 0.356 e. The van der Waals surface area contributed by atoms with E-state index in [4.69, 9.17) is 0 Å². The summed E-state index contributed by atoms with van der Waals surface area (Å²) in [6.45, 7) is 5.84. The van der Waals surface area contributed by atoms with Gasteiger partial charge >= 0.3 is 0 Å². The Morgan fingerprint density at radius 2 is 1.80 bits per heavy atom. The van der Waals surface area contributed by atoms with Crippen LogP contribution in [0.1, 0.15) is 50.5 Å². The van der Waals surface area contributed by atoms with Crippen LogP contribution in [0.15, 0.2) is 35.3 Å². The molecule has 2 N–H and O–H groups in total. The maximum Gasteiger partial charge on any atom is 0.191 e. The van der Waals surface area contributed by atoms with E-state index in [1.54, 1.807) is 0 Å². The van der Waals surface area contributed by atoms with Gasteiger partial charge in [0.05, 0.1) is 0 Å². The monoisotopic (exact) mass is 342 g/mol. The molecule has 1 heterocycles. The van der Waals surface area contributed by atoms with Crippen molar-refractivity contribution in [2.75, 3.05) is 39.8 Å². The van der Waals surface area contributed by atoms with Gasteiger partial charge < -0.3 is 15.5 Å². The maximum absolute atomic E-state index is 4.40. The lowest BCUT2D eigenvalue weighted by atomic mass is 9.64. The predicted molar refractivity (Wildman–Crippen MR) is 106 cm³/mol. The van der Waals surface area contributed by atoms with Gasteiger partial charge in [-0.3, -0.25) is 4.99 Å². The summed E-state index contributed by atoms with van der Waals surface area (Å²) in [5.41, 5.74) is 1.77. The van der Waals surface area contributed by atoms with Gasteiger partial charge in [-0.05, 0) is 63.7 Å². The SMILES string of the molecule is CN=C(NCCCCN1CCCC1)NCC1(c2ccccc2)CCC1. The van der Waals surface area contributed by atoms with Crippen molar-refractivity contribution in [3.05, 3.63) is 35.9 Å². The number of benzene rings is 1. The highest BCUT2D eigenvalue weighted by molar-refractivity contribution is 5.79. The molecule has 4 heteroatoms. The Labute approximate surface area is 153 Å². The molecule has 2 aliphatic rings. The van der Waals surface area contributed by atoms with Crippen LogP contribution in [0.4, 0.5) is 0 Å². The Morgan fingerprint density at radius 1 is 1.04 bits per heavy atom. The number of unbranched alkanes of at least 4 members (excludes halogenated alkanes) is 1. The molecule has 138 valence electrons. The van der Waals surface area contributed by atoms with Crippen molar-refractivity contribution < 1.29 is 0 Å². The minimum absolute atomic E-state index is 0.300. The van der Waals surface area contributed by atoms with E-state index in [0.29, 0.717) is 5.41 Å². The molecule has 4 nitrogen and oxygen atoms in total. The fraction of sp³-hybridized carbons (Fsp3) is 0.667. The zero-order valence-corrected chi connectivity index (χ0v) is 15.8. The number of likely N-dealkylation sites (tertiary alicyclic amines) is 1. The minimum Gasteiger partial charge on any atom is -0.356 e. The third-order valence-electron chi connectivity index (χ3n) is 5.91. The second-order valence-electron chi connectivity index (χ2n) is 7.61. The summed E-state index contributed by atoms with van der Waals surface area (Å²) in [4.78, 5) is 6.99. The molecular weight excluding hydrogens is 308 g/mol. The van der Waals surface area contributed by atoms with Gasteiger partial charge in [0.1, 0.15) is 0 Å². The summed E-state index contributed by atoms with van der Waals surface area (Å²) in [7, 11) is 1.87. The van der Waals surface area contributed by atoms with E-state index in [1.165, 1.54) is 70.1 Å². The number of aliphatic imine (C=N–C) groups is 1. The normalized spacial score (nSPS) is 20.3. The number of nitrogens with one attached hydrogen (secondary N) is 2. The Hall–Kier alpha value is -1.55. The van der Waals surface area contributed by atoms with Crippen LogP contribution >= 0.6 is 0 Å². The molecule has 1 saturated heterocycles. The quantitative estimate of drug-likeness (QED) is 0.433. The molecule has 1 aliphatic carbocycles. The molecular formula is C21H34N4. The van der Waals surface area contributed by atoms with Crippen LogP contribution in [0, 0.1) is 0 Å². The van der Waals surface area contributed by atoms with Gasteiger partial charge in [0, 0.05) is 25.6 Å². The first-order chi connectivity index (χ1) is 12.3. The van der Waals surface area contributed by atoms with E-state index in [9.17, 15) is 0 Å². The van der Waals surface area contributed by atoms with E-state index in [1.807, 2.05) is 7.05 Å². The second kappa shape index (κ2) is 9.23. The zero-order chi connectivity index (χ0) is 17.4. The van der Waals surface area contributed by atoms with Crippen LogP contribution in [0.25, 0.3) is 0 Å². The fourth-order valence-corrected chi connectivity index (χ4v) is 4.11. The summed E-state index contributed by atoms with van der Waals surface area (Å²) in [6.07, 6.45) is 9.14. The lowest BCUT2D eigenvalue weighted by Crippen LogP contribution is -2.49. The summed E-state index contributed by atoms with van der Waals surface area (Å²) in [5, 5.41) is 7.06. The van der Waals surface area contributed by atoms with Gasteiger partial charge in [0.2, 0.25) is 0 Å². The third-order valence-corrected chi connectivity index (χ3v) is 5.91. The molecule has 0 radical (unpaired) electrons. The molecule has 1 aliphatic heterocycles. The Bertz CT molecular complexity index is 530. The first-order valence-corrected chi connectivity index (χ1v) is 10.0. The summed E-state index contributed by atoms with van der Waals surface area (Å²) in [5.74, 6) is 0.948. The van der Waals surface area contributed by atoms with E-state index >= 15 is 0 Å². The number of hydrogen-bond acceptors (Lipinski definition) is 2. The van der Waals surface area contributed by atoms with E-state index in [0.717, 1.165) is 19.0 Å². The highest BCUT2D eigenvalue weighted by Gasteiger charge is 2.38. The Morgan fingerprint density at radius 3 is 2.44 bits per heavy atom. The summed E-state index contributed by atoms with van der Waals surface area (Å²) < 4.78 is 0. The van der Waals surface area contributed by atoms with E-state index < -0.39 is 0 Å². The smallest absolute Gasteiger partial charge is 0.191 e. The average Bonchev–Trinajstić information content (AvgIpc) is 3.13. The molecule has 0 amide bonds. The average molecular weight is 343 g/mol. The fourth-order valence-electron chi connectivity index (χ4n) is 4.11. The standard InChI is InChI=1S/C21H34N4/c1-22-20(23-14-5-6-15-25-16-7-8-17-25)24-18-21(12-9-13-21)19-10-3-2-4-11-19/h2-4,10-11H,5-9,12-18H2,1H3,(H2,22,23,24). The first kappa shape index (κ1) is 18.2. The number of nitrogens with zero attached hydrogens (tertiary/aromatic N) is 2. The lowest BCUT2D eigenvalue weighted by Gasteiger charge is -2.43. The zero-order valence-electron chi connectivity index (χ0n) is 15.8. The topological polar surface area (TPSA) is 39.7 Å². The second-order valence-corrected chi connectivity index (χ2v) is 7.61. The molecule has 0 atom stereocenters. The van der Waals surface area contributed by atoms with Crippen LogP contribution in [0.5, 0.6) is 0 Å². The number of guanidine groups is 1. The van der Waals surface area contributed by atoms with Crippen molar-refractivity contribution in [3.8, 4) is 0 Å². The van der Waals surface area contributed by atoms with Crippen LogP contribution in [-0.4, -0.2) is 50.6 Å². The van der Waals surface area contributed by atoms with Crippen LogP contribution in [0.3, 0.4) is 0 Å². The Kier molecular flexibility index (Phi) is 6.74. The lowest BCUT2D eigenvalue weighted by molar-refractivity contribution is 0.244. The number of rotatable bonds is 8. The molecule has 1 aromatic rings. The molecule has 2 fully saturated rings. The van der Waals surface area contributed by atoms with Gasteiger partial charge in [-0.2, -0.15) is 0 Å². The van der Waals surface area contributed by atoms with Crippen LogP contribution < -0.4 is 10.6 Å². The molecule has 25 heavy (non-hydrogen) atoms. The minimum atomic E-state index is 0.300. The Balaban J connectivity index is 1.37. The van der Waals surface area contributed by atoms with E-state index in [2.05, 4.69) is 50.9 Å². The molecule has 1 aromatic carbocycles. The van der Waals surface area contributed by atoms with Crippen molar-refractivity contribution >= 4 is 5.96 Å². The highest BCUT2D eigenvalue weighted by Crippen LogP contribution is 2.43. The molecule has 0 spiro atoms. The van der Waals surface area contributed by atoms with Crippen molar-refractivity contribution in [3.63, 3.8) is 0 Å². The van der Waals surface area contributed by atoms with Crippen molar-refractivity contribution in [1.82, 2.24) is 15.5 Å². The molecule has 0 aromatic heterocycles. The summed E-state index contributed by atoms with van der Waals surface area (Å²) >= 11 is 0.